The largest absolute Gasteiger partial charge is 0.496 e. The van der Waals surface area contributed by atoms with E-state index in [9.17, 15) is 14.7 Å². The predicted octanol–water partition coefficient (Wildman–Crippen LogP) is 0.211. The van der Waals surface area contributed by atoms with Crippen molar-refractivity contribution < 1.29 is 19.4 Å². The Morgan fingerprint density at radius 3 is 2.47 bits per heavy atom. The summed E-state index contributed by atoms with van der Waals surface area (Å²) in [6.45, 7) is 1.78. The first-order valence-corrected chi connectivity index (χ1v) is 5.95. The molecule has 102 valence electrons. The molecule has 19 heavy (non-hydrogen) atoms. The second-order valence-electron chi connectivity index (χ2n) is 4.40. The molecular formula is C13H16N2O4. The monoisotopic (exact) mass is 264 g/mol. The van der Waals surface area contributed by atoms with Gasteiger partial charge in [0.15, 0.2) is 0 Å². The lowest BCUT2D eigenvalue weighted by Crippen LogP contribution is -2.51. The molecule has 6 heteroatoms. The zero-order valence-corrected chi connectivity index (χ0v) is 10.8. The number of nitrogens with one attached hydrogen (secondary N) is 1. The van der Waals surface area contributed by atoms with Gasteiger partial charge in [-0.1, -0.05) is 6.07 Å². The van der Waals surface area contributed by atoms with Gasteiger partial charge in [0.2, 0.25) is 11.8 Å². The number of amides is 2. The summed E-state index contributed by atoms with van der Waals surface area (Å²) in [4.78, 5) is 24.5. The molecule has 1 atom stereocenters. The number of benzene rings is 1. The smallest absolute Gasteiger partial charge is 0.246 e. The Bertz CT molecular complexity index is 497. The molecular weight excluding hydrogens is 248 g/mol. The van der Waals surface area contributed by atoms with E-state index in [-0.39, 0.29) is 24.9 Å². The fourth-order valence-corrected chi connectivity index (χ4v) is 2.21. The number of ether oxygens (including phenoxy) is 1. The molecule has 1 aromatic carbocycles. The Kier molecular flexibility index (Phi) is 3.71. The van der Waals surface area contributed by atoms with Gasteiger partial charge >= 0.3 is 0 Å². The first-order valence-electron chi connectivity index (χ1n) is 5.95. The zero-order chi connectivity index (χ0) is 14.0. The molecule has 1 aliphatic rings. The van der Waals surface area contributed by atoms with Crippen LogP contribution >= 0.6 is 0 Å². The van der Waals surface area contributed by atoms with Crippen LogP contribution in [0.1, 0.15) is 18.6 Å². The molecule has 0 aliphatic carbocycles. The number of hydrogen-bond acceptors (Lipinski definition) is 5. The molecule has 2 amide bonds. The third-order valence-corrected chi connectivity index (χ3v) is 2.97. The maximum absolute atomic E-state index is 11.4. The quantitative estimate of drug-likeness (QED) is 0.763. The minimum atomic E-state index is -0.758. The van der Waals surface area contributed by atoms with Crippen molar-refractivity contribution in [2.75, 3.05) is 25.1 Å². The second-order valence-corrected chi connectivity index (χ2v) is 4.40. The SMILES string of the molecule is COc1cccc(N2CC(=O)NC(=O)C2)c1C(C)O. The fourth-order valence-electron chi connectivity index (χ4n) is 2.21. The topological polar surface area (TPSA) is 78.9 Å². The number of imide groups is 1. The number of piperazine rings is 1. The van der Waals surface area contributed by atoms with Crippen molar-refractivity contribution >= 4 is 17.5 Å². The average Bonchev–Trinajstić information content (AvgIpc) is 2.36. The van der Waals surface area contributed by atoms with Gasteiger partial charge in [0.25, 0.3) is 0 Å². The van der Waals surface area contributed by atoms with E-state index >= 15 is 0 Å². The number of carbonyl (C=O) groups is 2. The Hall–Kier alpha value is -2.08. The van der Waals surface area contributed by atoms with Gasteiger partial charge in [-0.15, -0.1) is 0 Å². The van der Waals surface area contributed by atoms with E-state index < -0.39 is 6.10 Å². The summed E-state index contributed by atoms with van der Waals surface area (Å²) in [6, 6.07) is 5.25. The summed E-state index contributed by atoms with van der Waals surface area (Å²) in [7, 11) is 1.51. The van der Waals surface area contributed by atoms with Crippen molar-refractivity contribution in [2.45, 2.75) is 13.0 Å². The van der Waals surface area contributed by atoms with Gasteiger partial charge in [0.1, 0.15) is 5.75 Å². The molecule has 1 aromatic rings. The van der Waals surface area contributed by atoms with E-state index in [4.69, 9.17) is 4.74 Å². The van der Waals surface area contributed by atoms with E-state index in [1.54, 1.807) is 30.0 Å². The molecule has 0 saturated carbocycles. The molecule has 1 fully saturated rings. The highest BCUT2D eigenvalue weighted by atomic mass is 16.5. The lowest BCUT2D eigenvalue weighted by molar-refractivity contribution is -0.130. The predicted molar refractivity (Wildman–Crippen MR) is 69.0 cm³/mol. The Morgan fingerprint density at radius 1 is 1.32 bits per heavy atom. The number of hydrogen-bond donors (Lipinski definition) is 2. The van der Waals surface area contributed by atoms with Crippen LogP contribution in [0.2, 0.25) is 0 Å². The summed E-state index contributed by atoms with van der Waals surface area (Å²) in [6.07, 6.45) is -0.758. The van der Waals surface area contributed by atoms with Crippen LogP contribution in [0.25, 0.3) is 0 Å². The number of rotatable bonds is 3. The van der Waals surface area contributed by atoms with Crippen LogP contribution in [-0.4, -0.2) is 37.1 Å². The van der Waals surface area contributed by atoms with Crippen LogP contribution < -0.4 is 15.0 Å². The zero-order valence-electron chi connectivity index (χ0n) is 10.8. The molecule has 1 saturated heterocycles. The molecule has 2 rings (SSSR count). The molecule has 0 bridgehead atoms. The highest BCUT2D eigenvalue weighted by Crippen LogP contribution is 2.34. The van der Waals surface area contributed by atoms with Crippen LogP contribution in [0.15, 0.2) is 18.2 Å². The highest BCUT2D eigenvalue weighted by molar-refractivity contribution is 6.02. The third kappa shape index (κ3) is 2.68. The van der Waals surface area contributed by atoms with E-state index in [1.165, 1.54) is 7.11 Å². The van der Waals surface area contributed by atoms with E-state index in [1.807, 2.05) is 0 Å². The Labute approximate surface area is 111 Å². The van der Waals surface area contributed by atoms with Gasteiger partial charge < -0.3 is 14.7 Å². The first-order chi connectivity index (χ1) is 9.02. The van der Waals surface area contributed by atoms with Crippen molar-refractivity contribution in [3.8, 4) is 5.75 Å². The molecule has 0 spiro atoms. The summed E-state index contributed by atoms with van der Waals surface area (Å²) in [5.41, 5.74) is 1.21. The molecule has 0 aromatic heterocycles. The van der Waals surface area contributed by atoms with E-state index in [2.05, 4.69) is 5.32 Å². The van der Waals surface area contributed by atoms with Crippen LogP contribution in [0.4, 0.5) is 5.69 Å². The number of carbonyl (C=O) groups excluding carboxylic acids is 2. The fraction of sp³-hybridized carbons (Fsp3) is 0.385. The third-order valence-electron chi connectivity index (χ3n) is 2.97. The van der Waals surface area contributed by atoms with Crippen molar-refractivity contribution in [3.63, 3.8) is 0 Å². The maximum atomic E-state index is 11.4. The van der Waals surface area contributed by atoms with Crippen LogP contribution in [-0.2, 0) is 9.59 Å². The molecule has 0 radical (unpaired) electrons. The van der Waals surface area contributed by atoms with Gasteiger partial charge in [-0.2, -0.15) is 0 Å². The average molecular weight is 264 g/mol. The first kappa shape index (κ1) is 13.4. The summed E-state index contributed by atoms with van der Waals surface area (Å²) in [5.74, 6) is -0.169. The summed E-state index contributed by atoms with van der Waals surface area (Å²) in [5, 5.41) is 12.1. The van der Waals surface area contributed by atoms with Gasteiger partial charge in [0, 0.05) is 11.3 Å². The lowest BCUT2D eigenvalue weighted by Gasteiger charge is -2.30. The van der Waals surface area contributed by atoms with Crippen LogP contribution in [0, 0.1) is 0 Å². The van der Waals surface area contributed by atoms with Gasteiger partial charge in [-0.25, -0.2) is 0 Å². The number of anilines is 1. The highest BCUT2D eigenvalue weighted by Gasteiger charge is 2.26. The molecule has 1 aliphatic heterocycles. The van der Waals surface area contributed by atoms with Gasteiger partial charge in [-0.3, -0.25) is 14.9 Å². The number of nitrogens with zero attached hydrogens (tertiary/aromatic N) is 1. The van der Waals surface area contributed by atoms with E-state index in [0.29, 0.717) is 17.0 Å². The number of aliphatic hydroxyl groups is 1. The van der Waals surface area contributed by atoms with Crippen molar-refractivity contribution in [1.82, 2.24) is 5.32 Å². The van der Waals surface area contributed by atoms with Gasteiger partial charge in [-0.05, 0) is 19.1 Å². The van der Waals surface area contributed by atoms with Crippen LogP contribution in [0.5, 0.6) is 5.75 Å². The van der Waals surface area contributed by atoms with Crippen molar-refractivity contribution in [3.05, 3.63) is 23.8 Å². The normalized spacial score (nSPS) is 17.1. The molecule has 1 unspecified atom stereocenters. The van der Waals surface area contributed by atoms with Gasteiger partial charge in [0.05, 0.1) is 26.3 Å². The van der Waals surface area contributed by atoms with Crippen molar-refractivity contribution in [2.24, 2.45) is 0 Å². The second kappa shape index (κ2) is 5.27. The number of aliphatic hydroxyl groups excluding tert-OH is 1. The summed E-state index contributed by atoms with van der Waals surface area (Å²) < 4.78 is 5.22. The lowest BCUT2D eigenvalue weighted by atomic mass is 10.0. The van der Waals surface area contributed by atoms with Crippen LogP contribution in [0.3, 0.4) is 0 Å². The van der Waals surface area contributed by atoms with E-state index in [0.717, 1.165) is 0 Å². The molecule has 1 heterocycles. The minimum Gasteiger partial charge on any atom is -0.496 e. The molecule has 2 N–H and O–H groups in total. The summed E-state index contributed by atoms with van der Waals surface area (Å²) >= 11 is 0. The Balaban J connectivity index is 2.43. The maximum Gasteiger partial charge on any atom is 0.246 e. The van der Waals surface area contributed by atoms with Crippen molar-refractivity contribution in [1.29, 1.82) is 0 Å². The Morgan fingerprint density at radius 2 is 1.95 bits per heavy atom. The number of methoxy groups -OCH3 is 1. The standard InChI is InChI=1S/C13H16N2O4/c1-8(16)13-9(4-3-5-10(13)19-2)15-6-11(17)14-12(18)7-15/h3-5,8,16H,6-7H2,1-2H3,(H,14,17,18). The molecule has 6 nitrogen and oxygen atoms in total. The minimum absolute atomic E-state index is 0.0820.